The van der Waals surface area contributed by atoms with Gasteiger partial charge in [-0.2, -0.15) is 0 Å². The van der Waals surface area contributed by atoms with Crippen molar-refractivity contribution in [3.05, 3.63) is 29.3 Å². The van der Waals surface area contributed by atoms with Crippen molar-refractivity contribution >= 4 is 17.5 Å². The molecule has 0 saturated carbocycles. The monoisotopic (exact) mass is 345 g/mol. The van der Waals surface area contributed by atoms with Crippen LogP contribution in [0.15, 0.2) is 18.2 Å². The van der Waals surface area contributed by atoms with E-state index in [9.17, 15) is 9.59 Å². The Morgan fingerprint density at radius 3 is 2.72 bits per heavy atom. The Kier molecular flexibility index (Phi) is 5.11. The molecule has 0 bridgehead atoms. The molecule has 0 atom stereocenters. The van der Waals surface area contributed by atoms with E-state index in [-0.39, 0.29) is 17.9 Å². The molecular weight excluding hydrogens is 318 g/mol. The van der Waals surface area contributed by atoms with Gasteiger partial charge in [-0.1, -0.05) is 0 Å². The number of piperidine rings is 1. The van der Waals surface area contributed by atoms with Gasteiger partial charge in [-0.15, -0.1) is 0 Å². The van der Waals surface area contributed by atoms with Crippen molar-refractivity contribution in [2.45, 2.75) is 38.1 Å². The Bertz CT molecular complexity index is 664. The molecule has 2 heterocycles. The van der Waals surface area contributed by atoms with Gasteiger partial charge in [-0.3, -0.25) is 9.59 Å². The SMILES string of the molecule is COCCN1CCC2(CC1)C(=O)Nc1ccc(C(=O)NC(C)C)cc12. The largest absolute Gasteiger partial charge is 0.383 e. The van der Waals surface area contributed by atoms with Crippen LogP contribution in [0.3, 0.4) is 0 Å². The molecule has 1 fully saturated rings. The summed E-state index contributed by atoms with van der Waals surface area (Å²) in [5.74, 6) is -0.0276. The number of anilines is 1. The first-order valence-corrected chi connectivity index (χ1v) is 8.94. The fraction of sp³-hybridized carbons (Fsp3) is 0.579. The molecule has 1 spiro atoms. The van der Waals surface area contributed by atoms with Crippen LogP contribution in [0, 0.1) is 0 Å². The molecule has 0 aliphatic carbocycles. The molecule has 0 radical (unpaired) electrons. The van der Waals surface area contributed by atoms with Crippen molar-refractivity contribution in [2.24, 2.45) is 0 Å². The van der Waals surface area contributed by atoms with E-state index >= 15 is 0 Å². The van der Waals surface area contributed by atoms with Crippen LogP contribution in [0.1, 0.15) is 42.6 Å². The highest BCUT2D eigenvalue weighted by Gasteiger charge is 2.48. The van der Waals surface area contributed by atoms with Crippen molar-refractivity contribution in [1.82, 2.24) is 10.2 Å². The van der Waals surface area contributed by atoms with Crippen LogP contribution in [-0.2, 0) is 14.9 Å². The summed E-state index contributed by atoms with van der Waals surface area (Å²) in [6.45, 7) is 7.19. The maximum atomic E-state index is 12.7. The number of nitrogens with one attached hydrogen (secondary N) is 2. The topological polar surface area (TPSA) is 70.7 Å². The van der Waals surface area contributed by atoms with Gasteiger partial charge in [-0.05, 0) is 63.5 Å². The third kappa shape index (κ3) is 3.41. The summed E-state index contributed by atoms with van der Waals surface area (Å²) in [5, 5.41) is 5.93. The molecule has 2 amide bonds. The number of ether oxygens (including phenoxy) is 1. The molecule has 1 aromatic rings. The number of likely N-dealkylation sites (tertiary alicyclic amines) is 1. The van der Waals surface area contributed by atoms with E-state index in [0.29, 0.717) is 12.2 Å². The molecule has 2 aliphatic heterocycles. The van der Waals surface area contributed by atoms with Gasteiger partial charge in [0.2, 0.25) is 5.91 Å². The Labute approximate surface area is 148 Å². The van der Waals surface area contributed by atoms with Crippen LogP contribution < -0.4 is 10.6 Å². The van der Waals surface area contributed by atoms with E-state index in [1.54, 1.807) is 13.2 Å². The number of rotatable bonds is 5. The molecule has 0 aromatic heterocycles. The molecule has 1 aromatic carbocycles. The van der Waals surface area contributed by atoms with Crippen LogP contribution in [0.4, 0.5) is 5.69 Å². The zero-order valence-electron chi connectivity index (χ0n) is 15.2. The molecule has 136 valence electrons. The first-order valence-electron chi connectivity index (χ1n) is 8.94. The van der Waals surface area contributed by atoms with Crippen molar-refractivity contribution in [3.63, 3.8) is 0 Å². The summed E-state index contributed by atoms with van der Waals surface area (Å²) in [6.07, 6.45) is 1.54. The van der Waals surface area contributed by atoms with Crippen LogP contribution >= 0.6 is 0 Å². The lowest BCUT2D eigenvalue weighted by molar-refractivity contribution is -0.122. The average molecular weight is 345 g/mol. The van der Waals surface area contributed by atoms with Crippen LogP contribution in [0.25, 0.3) is 0 Å². The number of hydrogen-bond acceptors (Lipinski definition) is 4. The van der Waals surface area contributed by atoms with Gasteiger partial charge in [-0.25, -0.2) is 0 Å². The Balaban J connectivity index is 1.82. The summed E-state index contributed by atoms with van der Waals surface area (Å²) in [6, 6.07) is 5.62. The lowest BCUT2D eigenvalue weighted by Gasteiger charge is -2.38. The molecule has 1 saturated heterocycles. The van der Waals surface area contributed by atoms with Crippen LogP contribution in [0.5, 0.6) is 0 Å². The Morgan fingerprint density at radius 1 is 1.36 bits per heavy atom. The highest BCUT2D eigenvalue weighted by atomic mass is 16.5. The van der Waals surface area contributed by atoms with Crippen LogP contribution in [-0.4, -0.2) is 56.1 Å². The molecule has 3 rings (SSSR count). The fourth-order valence-electron chi connectivity index (χ4n) is 3.78. The van der Waals surface area contributed by atoms with E-state index < -0.39 is 5.41 Å². The number of carbonyl (C=O) groups is 2. The van der Waals surface area contributed by atoms with E-state index in [0.717, 1.165) is 43.7 Å². The normalized spacial score (nSPS) is 19.1. The lowest BCUT2D eigenvalue weighted by atomic mass is 9.73. The molecule has 2 N–H and O–H groups in total. The second-order valence-electron chi connectivity index (χ2n) is 7.26. The van der Waals surface area contributed by atoms with E-state index in [1.807, 2.05) is 26.0 Å². The number of methoxy groups -OCH3 is 1. The summed E-state index contributed by atoms with van der Waals surface area (Å²) in [4.78, 5) is 27.4. The van der Waals surface area contributed by atoms with Crippen molar-refractivity contribution < 1.29 is 14.3 Å². The van der Waals surface area contributed by atoms with Gasteiger partial charge < -0.3 is 20.3 Å². The van der Waals surface area contributed by atoms with Gasteiger partial charge in [0, 0.05) is 30.9 Å². The fourth-order valence-corrected chi connectivity index (χ4v) is 3.78. The highest BCUT2D eigenvalue weighted by molar-refractivity contribution is 6.07. The summed E-state index contributed by atoms with van der Waals surface area (Å²) < 4.78 is 5.15. The number of amides is 2. The minimum Gasteiger partial charge on any atom is -0.383 e. The minimum atomic E-state index is -0.507. The predicted octanol–water partition coefficient (Wildman–Crippen LogP) is 1.76. The molecule has 2 aliphatic rings. The van der Waals surface area contributed by atoms with E-state index in [2.05, 4.69) is 15.5 Å². The maximum absolute atomic E-state index is 12.7. The second kappa shape index (κ2) is 7.14. The highest BCUT2D eigenvalue weighted by Crippen LogP contribution is 2.45. The predicted molar refractivity (Wildman–Crippen MR) is 96.9 cm³/mol. The van der Waals surface area contributed by atoms with Crippen molar-refractivity contribution in [3.8, 4) is 0 Å². The Hall–Kier alpha value is -1.92. The maximum Gasteiger partial charge on any atom is 0.251 e. The standard InChI is InChI=1S/C19H27N3O3/c1-13(2)20-17(23)14-4-5-16-15(12-14)19(18(24)21-16)6-8-22(9-7-19)10-11-25-3/h4-5,12-13H,6-11H2,1-3H3,(H,20,23)(H,21,24). The lowest BCUT2D eigenvalue weighted by Crippen LogP contribution is -2.47. The minimum absolute atomic E-state index is 0.0651. The third-order valence-corrected chi connectivity index (χ3v) is 5.22. The first-order chi connectivity index (χ1) is 12.0. The summed E-state index contributed by atoms with van der Waals surface area (Å²) in [7, 11) is 1.70. The molecular formula is C19H27N3O3. The molecule has 0 unspecified atom stereocenters. The second-order valence-corrected chi connectivity index (χ2v) is 7.26. The smallest absolute Gasteiger partial charge is 0.251 e. The number of nitrogens with zero attached hydrogens (tertiary/aromatic N) is 1. The van der Waals surface area contributed by atoms with E-state index in [4.69, 9.17) is 4.74 Å². The van der Waals surface area contributed by atoms with Crippen molar-refractivity contribution in [2.75, 3.05) is 38.7 Å². The quantitative estimate of drug-likeness (QED) is 0.853. The first kappa shape index (κ1) is 17.9. The molecule has 6 nitrogen and oxygen atoms in total. The number of hydrogen-bond donors (Lipinski definition) is 2. The number of benzene rings is 1. The van der Waals surface area contributed by atoms with Gasteiger partial charge in [0.1, 0.15) is 0 Å². The van der Waals surface area contributed by atoms with Gasteiger partial charge in [0.05, 0.1) is 12.0 Å². The number of carbonyl (C=O) groups excluding carboxylic acids is 2. The van der Waals surface area contributed by atoms with Gasteiger partial charge >= 0.3 is 0 Å². The summed E-state index contributed by atoms with van der Waals surface area (Å²) in [5.41, 5.74) is 1.93. The zero-order chi connectivity index (χ0) is 18.0. The molecule has 25 heavy (non-hydrogen) atoms. The number of fused-ring (bicyclic) bond motifs is 2. The average Bonchev–Trinajstić information content (AvgIpc) is 2.85. The van der Waals surface area contributed by atoms with Crippen molar-refractivity contribution in [1.29, 1.82) is 0 Å². The summed E-state index contributed by atoms with van der Waals surface area (Å²) >= 11 is 0. The van der Waals surface area contributed by atoms with E-state index in [1.165, 1.54) is 0 Å². The van der Waals surface area contributed by atoms with Gasteiger partial charge in [0.15, 0.2) is 0 Å². The van der Waals surface area contributed by atoms with Crippen LogP contribution in [0.2, 0.25) is 0 Å². The third-order valence-electron chi connectivity index (χ3n) is 5.22. The Morgan fingerprint density at radius 2 is 2.08 bits per heavy atom. The van der Waals surface area contributed by atoms with Gasteiger partial charge in [0.25, 0.3) is 5.91 Å². The molecule has 6 heteroatoms. The zero-order valence-corrected chi connectivity index (χ0v) is 15.2.